The molecule has 0 aromatic carbocycles. The molecule has 0 amide bonds. The summed E-state index contributed by atoms with van der Waals surface area (Å²) in [7, 11) is 0. The van der Waals surface area contributed by atoms with Crippen molar-refractivity contribution in [3.8, 4) is 0 Å². The van der Waals surface area contributed by atoms with E-state index >= 15 is 0 Å². The van der Waals surface area contributed by atoms with Gasteiger partial charge in [-0.3, -0.25) is 9.88 Å². The summed E-state index contributed by atoms with van der Waals surface area (Å²) in [6, 6.07) is 8.09. The Kier molecular flexibility index (Phi) is 4.39. The van der Waals surface area contributed by atoms with Crippen molar-refractivity contribution in [2.45, 2.75) is 44.6 Å². The Morgan fingerprint density at radius 2 is 2.08 bits per heavy atom. The number of hydrogen-bond acceptors (Lipinski definition) is 5. The van der Waals surface area contributed by atoms with E-state index in [1.54, 1.807) is 0 Å². The van der Waals surface area contributed by atoms with Gasteiger partial charge in [0, 0.05) is 38.5 Å². The molecular weight excluding hydrogens is 304 g/mol. The Hall–Kier alpha value is -1.69. The molecule has 128 valence electrons. The SMILES string of the molecule is Cc1ccc(CN2CC3(C[C@H](OCc4ccncc4)CCO3)C2)o1. The number of ether oxygens (including phenoxy) is 2. The fourth-order valence-electron chi connectivity index (χ4n) is 3.71. The average Bonchev–Trinajstić information content (AvgIpc) is 2.98. The molecule has 0 N–H and O–H groups in total. The number of rotatable bonds is 5. The summed E-state index contributed by atoms with van der Waals surface area (Å²) in [6.07, 6.45) is 5.85. The largest absolute Gasteiger partial charge is 0.465 e. The summed E-state index contributed by atoms with van der Waals surface area (Å²) in [6.45, 7) is 6.20. The molecule has 2 aromatic heterocycles. The smallest absolute Gasteiger partial charge is 0.118 e. The molecule has 4 heterocycles. The zero-order chi connectivity index (χ0) is 16.4. The van der Waals surface area contributed by atoms with Crippen LogP contribution in [0.3, 0.4) is 0 Å². The maximum atomic E-state index is 6.11. The predicted molar refractivity (Wildman–Crippen MR) is 89.5 cm³/mol. The fraction of sp³-hybridized carbons (Fsp3) is 0.526. The molecule has 0 unspecified atom stereocenters. The van der Waals surface area contributed by atoms with Gasteiger partial charge in [0.1, 0.15) is 11.5 Å². The van der Waals surface area contributed by atoms with Crippen LogP contribution in [0.1, 0.15) is 29.9 Å². The molecule has 0 bridgehead atoms. The number of hydrogen-bond donors (Lipinski definition) is 0. The maximum Gasteiger partial charge on any atom is 0.118 e. The van der Waals surface area contributed by atoms with Crippen molar-refractivity contribution in [3.05, 3.63) is 53.7 Å². The third kappa shape index (κ3) is 3.53. The fourth-order valence-corrected chi connectivity index (χ4v) is 3.71. The molecule has 2 aliphatic rings. The van der Waals surface area contributed by atoms with Crippen LogP contribution >= 0.6 is 0 Å². The van der Waals surface area contributed by atoms with Crippen molar-refractivity contribution in [3.63, 3.8) is 0 Å². The average molecular weight is 328 g/mol. The van der Waals surface area contributed by atoms with Crippen molar-refractivity contribution in [1.29, 1.82) is 0 Å². The number of aromatic nitrogens is 1. The second kappa shape index (κ2) is 6.67. The van der Waals surface area contributed by atoms with Crippen molar-refractivity contribution in [2.24, 2.45) is 0 Å². The molecular formula is C19H24N2O3. The van der Waals surface area contributed by atoms with Gasteiger partial charge in [-0.1, -0.05) is 0 Å². The molecule has 2 aromatic rings. The van der Waals surface area contributed by atoms with Crippen molar-refractivity contribution >= 4 is 0 Å². The highest BCUT2D eigenvalue weighted by molar-refractivity contribution is 5.09. The highest BCUT2D eigenvalue weighted by Gasteiger charge is 2.47. The first-order valence-corrected chi connectivity index (χ1v) is 8.63. The first kappa shape index (κ1) is 15.8. The van der Waals surface area contributed by atoms with Crippen LogP contribution in [0, 0.1) is 6.92 Å². The quantitative estimate of drug-likeness (QED) is 0.844. The summed E-state index contributed by atoms with van der Waals surface area (Å²) >= 11 is 0. The Labute approximate surface area is 142 Å². The lowest BCUT2D eigenvalue weighted by molar-refractivity contribution is -0.201. The summed E-state index contributed by atoms with van der Waals surface area (Å²) in [5, 5.41) is 0. The van der Waals surface area contributed by atoms with Crippen LogP contribution in [-0.4, -0.2) is 41.3 Å². The Morgan fingerprint density at radius 3 is 2.83 bits per heavy atom. The Bertz CT molecular complexity index is 664. The summed E-state index contributed by atoms with van der Waals surface area (Å²) in [5.74, 6) is 2.00. The van der Waals surface area contributed by atoms with E-state index in [9.17, 15) is 0 Å². The van der Waals surface area contributed by atoms with Crippen LogP contribution in [-0.2, 0) is 22.6 Å². The van der Waals surface area contributed by atoms with Gasteiger partial charge in [-0.2, -0.15) is 0 Å². The third-order valence-electron chi connectivity index (χ3n) is 4.88. The lowest BCUT2D eigenvalue weighted by Gasteiger charge is -2.53. The number of nitrogens with zero attached hydrogens (tertiary/aromatic N) is 2. The number of furan rings is 1. The van der Waals surface area contributed by atoms with E-state index in [0.29, 0.717) is 6.61 Å². The van der Waals surface area contributed by atoms with Crippen LogP contribution in [0.5, 0.6) is 0 Å². The van der Waals surface area contributed by atoms with E-state index in [4.69, 9.17) is 13.9 Å². The first-order valence-electron chi connectivity index (χ1n) is 8.63. The van der Waals surface area contributed by atoms with E-state index in [0.717, 1.165) is 50.6 Å². The van der Waals surface area contributed by atoms with Crippen LogP contribution in [0.25, 0.3) is 0 Å². The third-order valence-corrected chi connectivity index (χ3v) is 4.88. The monoisotopic (exact) mass is 328 g/mol. The zero-order valence-electron chi connectivity index (χ0n) is 14.1. The number of likely N-dealkylation sites (tertiary alicyclic amines) is 1. The van der Waals surface area contributed by atoms with Gasteiger partial charge >= 0.3 is 0 Å². The van der Waals surface area contributed by atoms with Crippen LogP contribution in [0.4, 0.5) is 0 Å². The minimum atomic E-state index is -0.0250. The van der Waals surface area contributed by atoms with E-state index in [-0.39, 0.29) is 11.7 Å². The van der Waals surface area contributed by atoms with Gasteiger partial charge in [0.25, 0.3) is 0 Å². The van der Waals surface area contributed by atoms with Crippen LogP contribution < -0.4 is 0 Å². The van der Waals surface area contributed by atoms with Crippen molar-refractivity contribution in [2.75, 3.05) is 19.7 Å². The zero-order valence-corrected chi connectivity index (χ0v) is 14.1. The van der Waals surface area contributed by atoms with Gasteiger partial charge in [0.2, 0.25) is 0 Å². The lowest BCUT2D eigenvalue weighted by Crippen LogP contribution is -2.65. The molecule has 0 radical (unpaired) electrons. The summed E-state index contributed by atoms with van der Waals surface area (Å²) in [4.78, 5) is 6.42. The molecule has 0 aliphatic carbocycles. The van der Waals surface area contributed by atoms with Crippen molar-refractivity contribution in [1.82, 2.24) is 9.88 Å². The van der Waals surface area contributed by atoms with E-state index < -0.39 is 0 Å². The summed E-state index contributed by atoms with van der Waals surface area (Å²) in [5.41, 5.74) is 1.15. The second-order valence-corrected chi connectivity index (χ2v) is 6.97. The van der Waals surface area contributed by atoms with Gasteiger partial charge in [-0.15, -0.1) is 0 Å². The lowest BCUT2D eigenvalue weighted by atomic mass is 9.84. The molecule has 24 heavy (non-hydrogen) atoms. The number of pyridine rings is 1. The van der Waals surface area contributed by atoms with Gasteiger partial charge < -0.3 is 13.9 Å². The minimum absolute atomic E-state index is 0.0250. The maximum absolute atomic E-state index is 6.11. The van der Waals surface area contributed by atoms with Gasteiger partial charge in [0.15, 0.2) is 0 Å². The van der Waals surface area contributed by atoms with Gasteiger partial charge in [-0.25, -0.2) is 0 Å². The van der Waals surface area contributed by atoms with Crippen LogP contribution in [0.2, 0.25) is 0 Å². The molecule has 1 spiro atoms. The summed E-state index contributed by atoms with van der Waals surface area (Å²) < 4.78 is 17.9. The molecule has 2 aliphatic heterocycles. The Morgan fingerprint density at radius 1 is 1.25 bits per heavy atom. The molecule has 2 fully saturated rings. The van der Waals surface area contributed by atoms with E-state index in [1.165, 1.54) is 5.56 Å². The molecule has 2 saturated heterocycles. The van der Waals surface area contributed by atoms with Gasteiger partial charge in [-0.05, 0) is 43.2 Å². The highest BCUT2D eigenvalue weighted by atomic mass is 16.5. The second-order valence-electron chi connectivity index (χ2n) is 6.97. The highest BCUT2D eigenvalue weighted by Crippen LogP contribution is 2.36. The standard InChI is InChI=1S/C19H24N2O3/c1-15-2-3-18(24-15)11-21-13-19(14-21)10-17(6-9-23-19)22-12-16-4-7-20-8-5-16/h2-5,7-8,17H,6,9-14H2,1H3/t17-/m1/s1. The predicted octanol–water partition coefficient (Wildman–Crippen LogP) is 2.93. The van der Waals surface area contributed by atoms with Crippen molar-refractivity contribution < 1.29 is 13.9 Å². The first-order chi connectivity index (χ1) is 11.7. The number of aryl methyl sites for hydroxylation is 1. The molecule has 0 saturated carbocycles. The van der Waals surface area contributed by atoms with E-state index in [2.05, 4.69) is 16.0 Å². The van der Waals surface area contributed by atoms with Crippen LogP contribution in [0.15, 0.2) is 41.1 Å². The molecule has 4 rings (SSSR count). The minimum Gasteiger partial charge on any atom is -0.465 e. The normalized spacial score (nSPS) is 23.3. The molecule has 5 heteroatoms. The molecule has 1 atom stereocenters. The van der Waals surface area contributed by atoms with Gasteiger partial charge in [0.05, 0.1) is 24.9 Å². The Balaban J connectivity index is 1.26. The molecule has 5 nitrogen and oxygen atoms in total. The van der Waals surface area contributed by atoms with E-state index in [1.807, 2.05) is 37.5 Å². The topological polar surface area (TPSA) is 47.7 Å².